The van der Waals surface area contributed by atoms with Crippen LogP contribution in [0.2, 0.25) is 0 Å². The second kappa shape index (κ2) is 12.8. The molecule has 1 saturated carbocycles. The van der Waals surface area contributed by atoms with Crippen LogP contribution in [0.4, 0.5) is 0 Å². The molecule has 1 aromatic rings. The Hall–Kier alpha value is -2.37. The average Bonchev–Trinajstić information content (AvgIpc) is 2.80. The van der Waals surface area contributed by atoms with E-state index in [1.165, 1.54) is 51.2 Å². The Morgan fingerprint density at radius 1 is 0.909 bits per heavy atom. The molecule has 1 aliphatic rings. The van der Waals surface area contributed by atoms with Crippen molar-refractivity contribution in [3.8, 4) is 0 Å². The van der Waals surface area contributed by atoms with E-state index >= 15 is 0 Å². The minimum Gasteiger partial charge on any atom is -0.467 e. The zero-order valence-corrected chi connectivity index (χ0v) is 21.1. The van der Waals surface area contributed by atoms with Crippen LogP contribution in [0.1, 0.15) is 95.0 Å². The van der Waals surface area contributed by atoms with Gasteiger partial charge in [0, 0.05) is 5.56 Å². The Kier molecular flexibility index (Phi) is 10.4. The maximum atomic E-state index is 12.9. The van der Waals surface area contributed by atoms with Gasteiger partial charge in [0.2, 0.25) is 5.91 Å². The maximum Gasteiger partial charge on any atom is 0.328 e. The van der Waals surface area contributed by atoms with E-state index in [0.717, 1.165) is 5.92 Å². The lowest BCUT2D eigenvalue weighted by molar-refractivity contribution is -0.146. The fraction of sp³-hybridized carbons (Fsp3) is 0.667. The first-order valence-corrected chi connectivity index (χ1v) is 12.5. The highest BCUT2D eigenvalue weighted by Crippen LogP contribution is 2.37. The molecule has 1 fully saturated rings. The molecule has 0 aromatic heterocycles. The summed E-state index contributed by atoms with van der Waals surface area (Å²) >= 11 is 0. The summed E-state index contributed by atoms with van der Waals surface area (Å²) < 4.78 is 4.80. The number of ether oxygens (including phenoxy) is 1. The Morgan fingerprint density at radius 2 is 1.48 bits per heavy atom. The monoisotopic (exact) mass is 458 g/mol. The fourth-order valence-corrected chi connectivity index (χ4v) is 4.73. The molecule has 2 rings (SSSR count). The maximum absolute atomic E-state index is 12.9. The predicted octanol–water partition coefficient (Wildman–Crippen LogP) is 4.83. The first kappa shape index (κ1) is 26.9. The van der Waals surface area contributed by atoms with Crippen molar-refractivity contribution in [1.29, 1.82) is 0 Å². The Bertz CT molecular complexity index is 780. The van der Waals surface area contributed by atoms with E-state index in [2.05, 4.69) is 29.7 Å². The highest BCUT2D eigenvalue weighted by atomic mass is 16.5. The predicted molar refractivity (Wildman–Crippen MR) is 131 cm³/mol. The van der Waals surface area contributed by atoms with E-state index in [1.807, 2.05) is 39.8 Å². The molecule has 0 spiro atoms. The molecule has 2 amide bonds. The topological polar surface area (TPSA) is 84.5 Å². The van der Waals surface area contributed by atoms with Crippen LogP contribution in [0.25, 0.3) is 0 Å². The number of amides is 2. The van der Waals surface area contributed by atoms with Crippen molar-refractivity contribution in [1.82, 2.24) is 10.6 Å². The number of hydrogen-bond donors (Lipinski definition) is 2. The molecule has 2 N–H and O–H groups in total. The van der Waals surface area contributed by atoms with Crippen molar-refractivity contribution < 1.29 is 19.1 Å². The van der Waals surface area contributed by atoms with Crippen LogP contribution in [0.3, 0.4) is 0 Å². The second-order valence-electron chi connectivity index (χ2n) is 10.1. The summed E-state index contributed by atoms with van der Waals surface area (Å²) in [7, 11) is 1.30. The van der Waals surface area contributed by atoms with Crippen LogP contribution in [-0.4, -0.2) is 37.0 Å². The molecule has 33 heavy (non-hydrogen) atoms. The molecule has 0 unspecified atom stereocenters. The number of carbonyl (C=O) groups excluding carboxylic acids is 3. The van der Waals surface area contributed by atoms with Crippen molar-refractivity contribution in [2.45, 2.75) is 91.1 Å². The number of methoxy groups -OCH3 is 1. The first-order chi connectivity index (χ1) is 15.7. The van der Waals surface area contributed by atoms with E-state index < -0.39 is 18.1 Å². The minimum atomic E-state index is -0.757. The van der Waals surface area contributed by atoms with Crippen molar-refractivity contribution >= 4 is 17.8 Å². The quantitative estimate of drug-likeness (QED) is 0.492. The van der Waals surface area contributed by atoms with Crippen LogP contribution in [-0.2, 0) is 14.3 Å². The molecule has 0 radical (unpaired) electrons. The van der Waals surface area contributed by atoms with Gasteiger partial charge in [0.25, 0.3) is 5.91 Å². The molecule has 2 atom stereocenters. The number of carbonyl (C=O) groups is 3. The minimum absolute atomic E-state index is 0.130. The normalized spacial score (nSPS) is 20.2. The Labute approximate surface area is 199 Å². The van der Waals surface area contributed by atoms with Crippen molar-refractivity contribution in [3.63, 3.8) is 0 Å². The molecule has 0 aliphatic heterocycles. The molecular weight excluding hydrogens is 416 g/mol. The lowest BCUT2D eigenvalue weighted by atomic mass is 9.77. The molecular formula is C27H42N2O4. The van der Waals surface area contributed by atoms with E-state index in [1.54, 1.807) is 0 Å². The largest absolute Gasteiger partial charge is 0.467 e. The highest BCUT2D eigenvalue weighted by molar-refractivity contribution is 5.98. The van der Waals surface area contributed by atoms with E-state index in [0.29, 0.717) is 11.5 Å². The molecule has 6 nitrogen and oxygen atoms in total. The van der Waals surface area contributed by atoms with Crippen LogP contribution in [0, 0.1) is 17.8 Å². The third-order valence-electron chi connectivity index (χ3n) is 6.84. The zero-order chi connectivity index (χ0) is 24.5. The van der Waals surface area contributed by atoms with Gasteiger partial charge in [-0.05, 0) is 67.1 Å². The highest BCUT2D eigenvalue weighted by Gasteiger charge is 2.31. The number of hydrogen-bond acceptors (Lipinski definition) is 4. The van der Waals surface area contributed by atoms with E-state index in [4.69, 9.17) is 4.74 Å². The van der Waals surface area contributed by atoms with Crippen LogP contribution >= 0.6 is 0 Å². The molecule has 184 valence electrons. The second-order valence-corrected chi connectivity index (χ2v) is 10.1. The first-order valence-electron chi connectivity index (χ1n) is 12.5. The standard InChI is InChI=1S/C27H42N2O4/c1-7-8-19-9-11-20(12-10-19)21-13-15-22(16-14-21)25(30)28-23(17(2)3)26(31)29-24(18(4)5)27(32)33-6/h13-20,23-24H,7-12H2,1-6H3,(H,28,30)(H,29,31)/t19?,20?,23-,24+/m0/s1. The lowest BCUT2D eigenvalue weighted by Gasteiger charge is -2.28. The van der Waals surface area contributed by atoms with Crippen molar-refractivity contribution in [2.24, 2.45) is 17.8 Å². The molecule has 1 aromatic carbocycles. The number of nitrogens with one attached hydrogen (secondary N) is 2. The van der Waals surface area contributed by atoms with Gasteiger partial charge in [-0.3, -0.25) is 9.59 Å². The van der Waals surface area contributed by atoms with Gasteiger partial charge in [-0.1, -0.05) is 59.6 Å². The van der Waals surface area contributed by atoms with Crippen LogP contribution < -0.4 is 10.6 Å². The van der Waals surface area contributed by atoms with Gasteiger partial charge in [-0.15, -0.1) is 0 Å². The summed E-state index contributed by atoms with van der Waals surface area (Å²) in [5.41, 5.74) is 1.82. The third kappa shape index (κ3) is 7.58. The van der Waals surface area contributed by atoms with Crippen LogP contribution in [0.15, 0.2) is 24.3 Å². The van der Waals surface area contributed by atoms with Crippen LogP contribution in [0.5, 0.6) is 0 Å². The smallest absolute Gasteiger partial charge is 0.328 e. The summed E-state index contributed by atoms with van der Waals surface area (Å²) in [5.74, 6) is -0.0114. The summed E-state index contributed by atoms with van der Waals surface area (Å²) in [4.78, 5) is 37.8. The van der Waals surface area contributed by atoms with E-state index in [-0.39, 0.29) is 23.7 Å². The lowest BCUT2D eigenvalue weighted by Crippen LogP contribution is -2.55. The summed E-state index contributed by atoms with van der Waals surface area (Å²) in [5, 5.41) is 5.59. The zero-order valence-electron chi connectivity index (χ0n) is 21.1. The average molecular weight is 459 g/mol. The van der Waals surface area contributed by atoms with Crippen molar-refractivity contribution in [3.05, 3.63) is 35.4 Å². The SMILES string of the molecule is CCCC1CCC(c2ccc(C(=O)N[C@H](C(=O)N[C@@H](C(=O)OC)C(C)C)C(C)C)cc2)CC1. The van der Waals surface area contributed by atoms with Gasteiger partial charge in [-0.25, -0.2) is 4.79 Å². The summed E-state index contributed by atoms with van der Waals surface area (Å²) in [6, 6.07) is 6.30. The molecule has 0 bridgehead atoms. The molecule has 0 saturated heterocycles. The van der Waals surface area contributed by atoms with Crippen molar-refractivity contribution in [2.75, 3.05) is 7.11 Å². The van der Waals surface area contributed by atoms with Gasteiger partial charge in [0.15, 0.2) is 0 Å². The van der Waals surface area contributed by atoms with E-state index in [9.17, 15) is 14.4 Å². The van der Waals surface area contributed by atoms with Gasteiger partial charge in [-0.2, -0.15) is 0 Å². The van der Waals surface area contributed by atoms with Gasteiger partial charge in [0.05, 0.1) is 7.11 Å². The Morgan fingerprint density at radius 3 is 1.97 bits per heavy atom. The van der Waals surface area contributed by atoms with Gasteiger partial charge >= 0.3 is 5.97 Å². The summed E-state index contributed by atoms with van der Waals surface area (Å²) in [6.45, 7) is 9.66. The fourth-order valence-electron chi connectivity index (χ4n) is 4.73. The molecule has 1 aliphatic carbocycles. The number of benzene rings is 1. The van der Waals surface area contributed by atoms with Gasteiger partial charge < -0.3 is 15.4 Å². The molecule has 6 heteroatoms. The number of rotatable bonds is 10. The number of esters is 1. The van der Waals surface area contributed by atoms with Gasteiger partial charge in [0.1, 0.15) is 12.1 Å². The molecule has 0 heterocycles. The third-order valence-corrected chi connectivity index (χ3v) is 6.84. The Balaban J connectivity index is 2.01. The summed E-state index contributed by atoms with van der Waals surface area (Å²) in [6.07, 6.45) is 7.58.